The monoisotopic (exact) mass is 288 g/mol. The highest BCUT2D eigenvalue weighted by molar-refractivity contribution is 5.64. The van der Waals surface area contributed by atoms with E-state index in [-0.39, 0.29) is 5.82 Å². The lowest BCUT2D eigenvalue weighted by Gasteiger charge is -2.18. The first-order valence-electron chi connectivity index (χ1n) is 8.11. The van der Waals surface area contributed by atoms with Crippen LogP contribution in [0.5, 0.6) is 0 Å². The van der Waals surface area contributed by atoms with Gasteiger partial charge in [-0.1, -0.05) is 51.1 Å². The van der Waals surface area contributed by atoms with Gasteiger partial charge in [-0.2, -0.15) is 0 Å². The third-order valence-corrected chi connectivity index (χ3v) is 4.21. The lowest BCUT2D eigenvalue weighted by molar-refractivity contribution is 0.487. The molecule has 1 heteroatoms. The summed E-state index contributed by atoms with van der Waals surface area (Å²) in [6, 6.07) is 5.38. The van der Waals surface area contributed by atoms with Crippen LogP contribution in [0.15, 0.2) is 36.9 Å². The van der Waals surface area contributed by atoms with Crippen molar-refractivity contribution in [2.24, 2.45) is 5.92 Å². The van der Waals surface area contributed by atoms with E-state index in [1.807, 2.05) is 19.1 Å². The molecule has 1 aromatic rings. The highest BCUT2D eigenvalue weighted by Crippen LogP contribution is 2.28. The Balaban J connectivity index is 2.54. The van der Waals surface area contributed by atoms with Crippen molar-refractivity contribution in [3.8, 4) is 0 Å². The molecule has 0 nitrogen and oxygen atoms in total. The molecule has 0 fully saturated rings. The molecule has 0 saturated heterocycles. The zero-order chi connectivity index (χ0) is 15.8. The molecule has 0 saturated carbocycles. The summed E-state index contributed by atoms with van der Waals surface area (Å²) in [6.45, 7) is 14.5. The zero-order valence-electron chi connectivity index (χ0n) is 13.8. The number of hydrogen-bond donors (Lipinski definition) is 0. The highest BCUT2D eigenvalue weighted by atomic mass is 19.1. The summed E-state index contributed by atoms with van der Waals surface area (Å²) in [6.07, 6.45) is 6.49. The van der Waals surface area contributed by atoms with Crippen LogP contribution in [-0.4, -0.2) is 0 Å². The first kappa shape index (κ1) is 17.7. The number of benzene rings is 1. The fourth-order valence-electron chi connectivity index (χ4n) is 2.79. The molecule has 0 aromatic heterocycles. The fraction of sp³-hybridized carbons (Fsp3) is 0.500. The van der Waals surface area contributed by atoms with Crippen molar-refractivity contribution in [1.82, 2.24) is 0 Å². The van der Waals surface area contributed by atoms with E-state index in [2.05, 4.69) is 27.0 Å². The number of halogens is 1. The summed E-state index contributed by atoms with van der Waals surface area (Å²) in [5.74, 6) is 0.457. The third-order valence-electron chi connectivity index (χ3n) is 4.21. The van der Waals surface area contributed by atoms with E-state index in [0.717, 1.165) is 36.8 Å². The van der Waals surface area contributed by atoms with Crippen molar-refractivity contribution in [2.75, 3.05) is 0 Å². The smallest absolute Gasteiger partial charge is 0.130 e. The van der Waals surface area contributed by atoms with Crippen LogP contribution in [0.25, 0.3) is 5.57 Å². The maximum atomic E-state index is 13.9. The van der Waals surface area contributed by atoms with Crippen molar-refractivity contribution < 1.29 is 4.39 Å². The molecule has 0 bridgehead atoms. The largest absolute Gasteiger partial charge is 0.206 e. The predicted molar refractivity (Wildman–Crippen MR) is 91.9 cm³/mol. The molecule has 116 valence electrons. The molecular weight excluding hydrogens is 259 g/mol. The van der Waals surface area contributed by atoms with Gasteiger partial charge < -0.3 is 0 Å². The van der Waals surface area contributed by atoms with Crippen molar-refractivity contribution in [1.29, 1.82) is 0 Å². The van der Waals surface area contributed by atoms with Gasteiger partial charge in [-0.15, -0.1) is 0 Å². The van der Waals surface area contributed by atoms with Crippen molar-refractivity contribution in [3.63, 3.8) is 0 Å². The van der Waals surface area contributed by atoms with Gasteiger partial charge in [-0.05, 0) is 62.1 Å². The zero-order valence-corrected chi connectivity index (χ0v) is 13.8. The second-order valence-corrected chi connectivity index (χ2v) is 5.98. The molecule has 0 N–H and O–H groups in total. The van der Waals surface area contributed by atoms with Crippen LogP contribution in [0.1, 0.15) is 63.5 Å². The summed E-state index contributed by atoms with van der Waals surface area (Å²) in [5, 5.41) is 0. The van der Waals surface area contributed by atoms with Gasteiger partial charge in [-0.3, -0.25) is 0 Å². The van der Waals surface area contributed by atoms with Gasteiger partial charge in [0, 0.05) is 5.56 Å². The molecule has 0 aliphatic rings. The van der Waals surface area contributed by atoms with Crippen LogP contribution in [0.2, 0.25) is 0 Å². The Morgan fingerprint density at radius 1 is 1.19 bits per heavy atom. The molecule has 0 aliphatic carbocycles. The van der Waals surface area contributed by atoms with Crippen molar-refractivity contribution in [3.05, 3.63) is 53.9 Å². The minimum Gasteiger partial charge on any atom is -0.206 e. The SMILES string of the molecule is C=C(CCCC(CCC)C(=C)CC)c1ccc(C)cc1F. The lowest BCUT2D eigenvalue weighted by Crippen LogP contribution is -2.03. The molecule has 0 radical (unpaired) electrons. The Morgan fingerprint density at radius 3 is 2.48 bits per heavy atom. The van der Waals surface area contributed by atoms with Gasteiger partial charge in [-0.25, -0.2) is 4.39 Å². The first-order chi connectivity index (χ1) is 9.99. The molecular formula is C20H29F. The Bertz CT molecular complexity index is 485. The summed E-state index contributed by atoms with van der Waals surface area (Å²) in [4.78, 5) is 0. The maximum absolute atomic E-state index is 13.9. The lowest BCUT2D eigenvalue weighted by atomic mass is 9.88. The van der Waals surface area contributed by atoms with E-state index in [4.69, 9.17) is 0 Å². The van der Waals surface area contributed by atoms with Crippen LogP contribution in [0, 0.1) is 18.7 Å². The average molecular weight is 288 g/mol. The molecule has 21 heavy (non-hydrogen) atoms. The van der Waals surface area contributed by atoms with Gasteiger partial charge >= 0.3 is 0 Å². The number of aryl methyl sites for hydroxylation is 1. The molecule has 0 heterocycles. The van der Waals surface area contributed by atoms with E-state index in [0.29, 0.717) is 11.5 Å². The summed E-state index contributed by atoms with van der Waals surface area (Å²) >= 11 is 0. The van der Waals surface area contributed by atoms with Crippen molar-refractivity contribution >= 4 is 5.57 Å². The van der Waals surface area contributed by atoms with E-state index < -0.39 is 0 Å². The van der Waals surface area contributed by atoms with Crippen LogP contribution in [0.4, 0.5) is 4.39 Å². The van der Waals surface area contributed by atoms with Gasteiger partial charge in [0.05, 0.1) is 0 Å². The number of rotatable bonds is 9. The quantitative estimate of drug-likeness (QED) is 0.443. The van der Waals surface area contributed by atoms with E-state index in [9.17, 15) is 4.39 Å². The average Bonchev–Trinajstić information content (AvgIpc) is 2.45. The maximum Gasteiger partial charge on any atom is 0.130 e. The Kier molecular flexibility index (Phi) is 7.42. The predicted octanol–water partition coefficient (Wildman–Crippen LogP) is 6.70. The molecule has 1 unspecified atom stereocenters. The van der Waals surface area contributed by atoms with Gasteiger partial charge in [0.1, 0.15) is 5.82 Å². The highest BCUT2D eigenvalue weighted by Gasteiger charge is 2.12. The number of hydrogen-bond acceptors (Lipinski definition) is 0. The summed E-state index contributed by atoms with van der Waals surface area (Å²) in [7, 11) is 0. The van der Waals surface area contributed by atoms with E-state index in [1.54, 1.807) is 6.07 Å². The Hall–Kier alpha value is -1.37. The Labute approximate surface area is 129 Å². The summed E-state index contributed by atoms with van der Waals surface area (Å²) < 4.78 is 13.9. The van der Waals surface area contributed by atoms with Crippen LogP contribution in [0.3, 0.4) is 0 Å². The minimum absolute atomic E-state index is 0.150. The standard InChI is InChI=1S/C20H29F/c1-6-9-18(16(4)7-2)11-8-10-17(5)19-13-12-15(3)14-20(19)21/h12-14,18H,4-11H2,1-3H3. The fourth-order valence-corrected chi connectivity index (χ4v) is 2.79. The molecule has 0 amide bonds. The van der Waals surface area contributed by atoms with Gasteiger partial charge in [0.25, 0.3) is 0 Å². The van der Waals surface area contributed by atoms with Crippen molar-refractivity contribution in [2.45, 2.75) is 59.3 Å². The molecule has 0 spiro atoms. The normalized spacial score (nSPS) is 12.2. The van der Waals surface area contributed by atoms with Crippen LogP contribution < -0.4 is 0 Å². The van der Waals surface area contributed by atoms with Gasteiger partial charge in [0.2, 0.25) is 0 Å². The minimum atomic E-state index is -0.150. The van der Waals surface area contributed by atoms with E-state index >= 15 is 0 Å². The number of allylic oxidation sites excluding steroid dienone is 2. The molecule has 1 atom stereocenters. The molecule has 0 aliphatic heterocycles. The van der Waals surface area contributed by atoms with Crippen LogP contribution >= 0.6 is 0 Å². The third kappa shape index (κ3) is 5.49. The molecule has 1 aromatic carbocycles. The van der Waals surface area contributed by atoms with E-state index in [1.165, 1.54) is 18.4 Å². The van der Waals surface area contributed by atoms with Gasteiger partial charge in [0.15, 0.2) is 0 Å². The topological polar surface area (TPSA) is 0 Å². The molecule has 1 rings (SSSR count). The second kappa shape index (κ2) is 8.81. The summed E-state index contributed by atoms with van der Waals surface area (Å²) in [5.41, 5.74) is 3.88. The Morgan fingerprint density at radius 2 is 1.90 bits per heavy atom. The second-order valence-electron chi connectivity index (χ2n) is 5.98. The first-order valence-corrected chi connectivity index (χ1v) is 8.11. The van der Waals surface area contributed by atoms with Crippen LogP contribution in [-0.2, 0) is 0 Å².